The second-order valence-corrected chi connectivity index (χ2v) is 14.2. The molecule has 15 unspecified atom stereocenters. The second-order valence-electron chi connectivity index (χ2n) is 14.2. The van der Waals surface area contributed by atoms with Crippen LogP contribution in [0.15, 0.2) is 30.3 Å². The van der Waals surface area contributed by atoms with Crippen molar-refractivity contribution in [1.29, 1.82) is 0 Å². The number of aliphatic hydroxyl groups excluding tert-OH is 3. The number of fused-ring (bicyclic) bond motifs is 2. The summed E-state index contributed by atoms with van der Waals surface area (Å²) in [5.41, 5.74) is -5.27. The van der Waals surface area contributed by atoms with E-state index in [4.69, 9.17) is 23.7 Å². The predicted octanol–water partition coefficient (Wildman–Crippen LogP) is -0.00600. The van der Waals surface area contributed by atoms with Gasteiger partial charge in [0.05, 0.1) is 30.5 Å². The van der Waals surface area contributed by atoms with Crippen LogP contribution in [0.4, 0.5) is 0 Å². The maximum atomic E-state index is 13.6. The fourth-order valence-corrected chi connectivity index (χ4v) is 12.0. The third-order valence-corrected chi connectivity index (χ3v) is 12.9. The van der Waals surface area contributed by atoms with E-state index in [1.165, 1.54) is 6.92 Å². The Kier molecular flexibility index (Phi) is 7.28. The van der Waals surface area contributed by atoms with E-state index >= 15 is 0 Å². The molecule has 0 amide bonds. The van der Waals surface area contributed by atoms with Crippen LogP contribution in [0.25, 0.3) is 0 Å². The molecule has 7 rings (SSSR count). The molecule has 12 heteroatoms. The molecule has 7 bridgehead atoms. The van der Waals surface area contributed by atoms with Gasteiger partial charge in [0.15, 0.2) is 5.60 Å². The molecular weight excluding hydrogens is 586 g/mol. The average Bonchev–Trinajstić information content (AvgIpc) is 3.41. The fourth-order valence-electron chi connectivity index (χ4n) is 12.0. The van der Waals surface area contributed by atoms with Crippen molar-refractivity contribution in [2.24, 2.45) is 34.5 Å². The predicted molar refractivity (Wildman–Crippen MR) is 156 cm³/mol. The van der Waals surface area contributed by atoms with E-state index in [2.05, 4.69) is 4.90 Å². The lowest BCUT2D eigenvalue weighted by Gasteiger charge is -2.70. The van der Waals surface area contributed by atoms with Crippen molar-refractivity contribution in [3.05, 3.63) is 35.9 Å². The molecule has 1 heterocycles. The number of hydrogen-bond donors (Lipinski definition) is 4. The van der Waals surface area contributed by atoms with Crippen LogP contribution >= 0.6 is 0 Å². The summed E-state index contributed by atoms with van der Waals surface area (Å²) in [7, 11) is 4.78. The van der Waals surface area contributed by atoms with E-state index < -0.39 is 100 Å². The van der Waals surface area contributed by atoms with Crippen molar-refractivity contribution in [3.63, 3.8) is 0 Å². The van der Waals surface area contributed by atoms with Gasteiger partial charge in [-0.3, -0.25) is 9.69 Å². The van der Waals surface area contributed by atoms with E-state index in [1.54, 1.807) is 51.7 Å². The Morgan fingerprint density at radius 1 is 1.02 bits per heavy atom. The zero-order chi connectivity index (χ0) is 32.3. The minimum atomic E-state index is -2.06. The minimum absolute atomic E-state index is 0.0572. The number of benzene rings is 1. The Morgan fingerprint density at radius 2 is 1.73 bits per heavy atom. The molecule has 45 heavy (non-hydrogen) atoms. The first-order chi connectivity index (χ1) is 21.4. The van der Waals surface area contributed by atoms with Crippen molar-refractivity contribution in [1.82, 2.24) is 4.90 Å². The molecule has 1 aliphatic heterocycles. The lowest BCUT2D eigenvalue weighted by molar-refractivity contribution is -0.320. The van der Waals surface area contributed by atoms with Crippen molar-refractivity contribution < 1.29 is 53.7 Å². The van der Waals surface area contributed by atoms with Gasteiger partial charge >= 0.3 is 11.9 Å². The number of aliphatic hydroxyl groups is 4. The van der Waals surface area contributed by atoms with Gasteiger partial charge in [-0.1, -0.05) is 25.1 Å². The number of carbonyl (C=O) groups excluding carboxylic acids is 2. The number of methoxy groups -OCH3 is 3. The van der Waals surface area contributed by atoms with Crippen LogP contribution in [-0.2, 0) is 28.5 Å². The molecule has 12 nitrogen and oxygen atoms in total. The fraction of sp³-hybridized carbons (Fsp3) is 0.758. The molecule has 6 aliphatic rings. The topological polar surface area (TPSA) is 164 Å². The highest BCUT2D eigenvalue weighted by Gasteiger charge is 2.92. The molecule has 248 valence electrons. The molecule has 5 aliphatic carbocycles. The van der Waals surface area contributed by atoms with Crippen molar-refractivity contribution in [3.8, 4) is 0 Å². The third-order valence-electron chi connectivity index (χ3n) is 12.9. The second kappa shape index (κ2) is 10.4. The van der Waals surface area contributed by atoms with Crippen molar-refractivity contribution in [2.75, 3.05) is 41.0 Å². The van der Waals surface area contributed by atoms with Gasteiger partial charge in [-0.05, 0) is 31.0 Å². The summed E-state index contributed by atoms with van der Waals surface area (Å²) < 4.78 is 31.0. The summed E-state index contributed by atoms with van der Waals surface area (Å²) in [5.74, 6) is -4.06. The number of rotatable bonds is 8. The molecule has 4 N–H and O–H groups in total. The van der Waals surface area contributed by atoms with E-state index in [0.717, 1.165) is 0 Å². The summed E-state index contributed by atoms with van der Waals surface area (Å²) in [6, 6.07) is 7.96. The van der Waals surface area contributed by atoms with Crippen LogP contribution < -0.4 is 0 Å². The number of carbonyl (C=O) groups is 2. The first-order valence-corrected chi connectivity index (χ1v) is 16.0. The molecule has 0 aromatic heterocycles. The van der Waals surface area contributed by atoms with Crippen LogP contribution in [0.3, 0.4) is 0 Å². The van der Waals surface area contributed by atoms with Crippen LogP contribution in [0.5, 0.6) is 0 Å². The van der Waals surface area contributed by atoms with E-state index in [0.29, 0.717) is 13.1 Å². The van der Waals surface area contributed by atoms with Gasteiger partial charge < -0.3 is 44.1 Å². The maximum Gasteiger partial charge on any atom is 0.338 e. The average molecular weight is 632 g/mol. The summed E-state index contributed by atoms with van der Waals surface area (Å²) in [6.07, 6.45) is -6.69. The van der Waals surface area contributed by atoms with Gasteiger partial charge in [-0.25, -0.2) is 4.79 Å². The van der Waals surface area contributed by atoms with Gasteiger partial charge in [-0.15, -0.1) is 0 Å². The first-order valence-electron chi connectivity index (χ1n) is 16.0. The number of hydrogen-bond acceptors (Lipinski definition) is 12. The highest BCUT2D eigenvalue weighted by molar-refractivity contribution is 5.89. The Labute approximate surface area is 262 Å². The zero-order valence-corrected chi connectivity index (χ0v) is 26.4. The number of likely N-dealkylation sites (tertiary alicyclic amines) is 1. The minimum Gasteiger partial charge on any atom is -0.455 e. The largest absolute Gasteiger partial charge is 0.455 e. The smallest absolute Gasteiger partial charge is 0.338 e. The van der Waals surface area contributed by atoms with Crippen LogP contribution in [0.2, 0.25) is 0 Å². The van der Waals surface area contributed by atoms with Gasteiger partial charge in [0, 0.05) is 75.8 Å². The van der Waals surface area contributed by atoms with Crippen LogP contribution in [0, 0.1) is 34.5 Å². The Bertz CT molecular complexity index is 1350. The standard InChI is InChI=1S/C33H45NO11/c1-6-34-14-30(15-41-3)19(36)12-20(42-4)32-18-13-31(40)26(37)27(38)33(45-16(2)35,22(25(32)34)23(43-5)24(30)32)21(18)28(31)44-29(39)17-10-8-7-9-11-17/h7-11,18-28,36-38,40H,6,12-15H2,1-5H3. The molecule has 1 aromatic carbocycles. The van der Waals surface area contributed by atoms with Crippen molar-refractivity contribution >= 4 is 11.9 Å². The highest BCUT2D eigenvalue weighted by atomic mass is 16.6. The maximum absolute atomic E-state index is 13.6. The SMILES string of the molecule is CCN1CC2(COC)C(O)CC(OC)C34C5CC6(O)C(O)C(O)C(OC(C)=O)(C5C6OC(=O)c5ccccc5)C(C(OC)C23)C14. The summed E-state index contributed by atoms with van der Waals surface area (Å²) in [6.45, 7) is 4.50. The Balaban J connectivity index is 1.52. The quantitative estimate of drug-likeness (QED) is 0.284. The molecular formula is C33H45NO11. The van der Waals surface area contributed by atoms with E-state index in [9.17, 15) is 30.0 Å². The highest BCUT2D eigenvalue weighted by Crippen LogP contribution is 2.80. The van der Waals surface area contributed by atoms with Crippen molar-refractivity contribution in [2.45, 2.75) is 80.6 Å². The molecule has 6 fully saturated rings. The van der Waals surface area contributed by atoms with Crippen LogP contribution in [-0.4, -0.2) is 132 Å². The molecule has 1 saturated heterocycles. The monoisotopic (exact) mass is 631 g/mol. The molecule has 5 saturated carbocycles. The lowest BCUT2D eigenvalue weighted by atomic mass is 9.42. The number of ether oxygens (including phenoxy) is 5. The molecule has 1 spiro atoms. The summed E-state index contributed by atoms with van der Waals surface area (Å²) in [4.78, 5) is 29.0. The van der Waals surface area contributed by atoms with E-state index in [1.807, 2.05) is 6.92 Å². The Hall–Kier alpha value is -2.16. The summed E-state index contributed by atoms with van der Waals surface area (Å²) >= 11 is 0. The van der Waals surface area contributed by atoms with Gasteiger partial charge in [0.1, 0.15) is 23.9 Å². The first kappa shape index (κ1) is 31.4. The third kappa shape index (κ3) is 3.55. The van der Waals surface area contributed by atoms with Crippen LogP contribution in [0.1, 0.15) is 37.0 Å². The van der Waals surface area contributed by atoms with Gasteiger partial charge in [0.25, 0.3) is 0 Å². The van der Waals surface area contributed by atoms with Gasteiger partial charge in [-0.2, -0.15) is 0 Å². The Morgan fingerprint density at radius 3 is 2.33 bits per heavy atom. The normalized spacial score (nSPS) is 50.7. The number of nitrogens with zero attached hydrogens (tertiary/aromatic N) is 1. The molecule has 15 atom stereocenters. The number of piperidine rings is 1. The molecule has 0 radical (unpaired) electrons. The van der Waals surface area contributed by atoms with Gasteiger partial charge in [0.2, 0.25) is 0 Å². The zero-order valence-electron chi connectivity index (χ0n) is 26.4. The van der Waals surface area contributed by atoms with E-state index in [-0.39, 0.29) is 25.0 Å². The molecule has 1 aromatic rings. The lowest BCUT2D eigenvalue weighted by Crippen LogP contribution is -2.81. The summed E-state index contributed by atoms with van der Waals surface area (Å²) in [5, 5.41) is 48.4. The number of esters is 2.